The molecule has 0 radical (unpaired) electrons. The topological polar surface area (TPSA) is 32.3 Å². The van der Waals surface area contributed by atoms with Crippen LogP contribution in [0.25, 0.3) is 0 Å². The van der Waals surface area contributed by atoms with Gasteiger partial charge >= 0.3 is 0 Å². The number of nitrogens with one attached hydrogen (secondary N) is 1. The van der Waals surface area contributed by atoms with E-state index in [4.69, 9.17) is 0 Å². The lowest BCUT2D eigenvalue weighted by Crippen LogP contribution is -2.43. The van der Waals surface area contributed by atoms with Gasteiger partial charge in [-0.25, -0.2) is 0 Å². The monoisotopic (exact) mass is 218 g/mol. The van der Waals surface area contributed by atoms with Crippen LogP contribution in [0.15, 0.2) is 0 Å². The Hall–Kier alpha value is -0.280. The van der Waals surface area contributed by atoms with E-state index in [1.54, 1.807) is 4.90 Å². The number of carbonyl (C=O) groups excluding carboxylic acids is 1. The molecule has 2 atom stereocenters. The fourth-order valence-electron chi connectivity index (χ4n) is 2.62. The lowest BCUT2D eigenvalue weighted by atomic mass is 9.91. The van der Waals surface area contributed by atoms with Gasteiger partial charge in [0.25, 0.3) is 0 Å². The quantitative estimate of drug-likeness (QED) is 0.713. The summed E-state index contributed by atoms with van der Waals surface area (Å²) in [4.78, 5) is 13.4. The molecule has 3 nitrogen and oxygen atoms in total. The zero-order chi connectivity index (χ0) is 9.42. The number of rotatable bonds is 1. The second kappa shape index (κ2) is 4.49. The highest BCUT2D eigenvalue weighted by Crippen LogP contribution is 2.31. The number of nitrogens with zero attached hydrogens (tertiary/aromatic N) is 1. The van der Waals surface area contributed by atoms with Gasteiger partial charge in [-0.1, -0.05) is 0 Å². The summed E-state index contributed by atoms with van der Waals surface area (Å²) in [6.45, 7) is 0. The van der Waals surface area contributed by atoms with Gasteiger partial charge < -0.3 is 10.2 Å². The minimum atomic E-state index is 0. The molecule has 2 rings (SSSR count). The number of hydrogen-bond acceptors (Lipinski definition) is 2. The van der Waals surface area contributed by atoms with Gasteiger partial charge in [0.2, 0.25) is 5.91 Å². The highest BCUT2D eigenvalue weighted by atomic mass is 35.5. The van der Waals surface area contributed by atoms with Crippen LogP contribution >= 0.6 is 12.4 Å². The Kier molecular flexibility index (Phi) is 3.78. The van der Waals surface area contributed by atoms with Crippen LogP contribution in [-0.2, 0) is 4.79 Å². The first kappa shape index (κ1) is 11.8. The molecule has 2 aliphatic heterocycles. The molecular weight excluding hydrogens is 200 g/mol. The lowest BCUT2D eigenvalue weighted by molar-refractivity contribution is -0.134. The molecule has 1 amide bonds. The number of amides is 1. The second-order valence-corrected chi connectivity index (χ2v) is 4.54. The Morgan fingerprint density at radius 2 is 1.71 bits per heavy atom. The van der Waals surface area contributed by atoms with E-state index < -0.39 is 0 Å². The van der Waals surface area contributed by atoms with Crippen molar-refractivity contribution < 1.29 is 4.79 Å². The Morgan fingerprint density at radius 1 is 1.21 bits per heavy atom. The summed E-state index contributed by atoms with van der Waals surface area (Å²) in [5.41, 5.74) is 0. The van der Waals surface area contributed by atoms with Gasteiger partial charge in [0, 0.05) is 32.1 Å². The largest absolute Gasteiger partial charge is 0.349 e. The molecule has 0 aromatic heterocycles. The first-order chi connectivity index (χ1) is 6.16. The molecular formula is C10H19ClN2O. The summed E-state index contributed by atoms with van der Waals surface area (Å²) in [6, 6.07) is 1.24. The van der Waals surface area contributed by atoms with Crippen molar-refractivity contribution in [2.75, 3.05) is 14.1 Å². The van der Waals surface area contributed by atoms with Crippen LogP contribution in [-0.4, -0.2) is 37.0 Å². The molecule has 0 aliphatic carbocycles. The summed E-state index contributed by atoms with van der Waals surface area (Å²) in [7, 11) is 3.71. The average molecular weight is 219 g/mol. The van der Waals surface area contributed by atoms with Gasteiger partial charge in [-0.3, -0.25) is 4.79 Å². The van der Waals surface area contributed by atoms with Crippen molar-refractivity contribution in [1.82, 2.24) is 10.2 Å². The molecule has 0 aromatic rings. The van der Waals surface area contributed by atoms with E-state index in [0.717, 1.165) is 12.8 Å². The molecule has 4 heteroatoms. The highest BCUT2D eigenvalue weighted by molar-refractivity contribution is 5.85. The van der Waals surface area contributed by atoms with Crippen LogP contribution in [0, 0.1) is 5.92 Å². The Balaban J connectivity index is 0.000000980. The predicted octanol–water partition coefficient (Wildman–Crippen LogP) is 1.03. The van der Waals surface area contributed by atoms with Crippen LogP contribution in [0.2, 0.25) is 0 Å². The average Bonchev–Trinajstić information content (AvgIpc) is 2.44. The number of piperidine rings is 1. The Morgan fingerprint density at radius 3 is 2.14 bits per heavy atom. The van der Waals surface area contributed by atoms with Crippen molar-refractivity contribution in [2.45, 2.75) is 37.8 Å². The van der Waals surface area contributed by atoms with E-state index >= 15 is 0 Å². The Labute approximate surface area is 91.6 Å². The first-order valence-electron chi connectivity index (χ1n) is 5.14. The fraction of sp³-hybridized carbons (Fsp3) is 0.900. The standard InChI is InChI=1S/C10H18N2O.ClH/c1-12(2)10(13)7-5-8-3-4-9(6-7)11-8;/h7-9,11H,3-6H2,1-2H3;1H. The van der Waals surface area contributed by atoms with E-state index in [-0.39, 0.29) is 18.3 Å². The number of halogens is 1. The third-order valence-electron chi connectivity index (χ3n) is 3.26. The van der Waals surface area contributed by atoms with Gasteiger partial charge in [0.15, 0.2) is 0 Å². The summed E-state index contributed by atoms with van der Waals surface area (Å²) >= 11 is 0. The van der Waals surface area contributed by atoms with Gasteiger partial charge in [-0.15, -0.1) is 12.4 Å². The molecule has 2 aliphatic rings. The first-order valence-corrected chi connectivity index (χ1v) is 5.14. The molecule has 2 saturated heterocycles. The summed E-state index contributed by atoms with van der Waals surface area (Å²) in [6.07, 6.45) is 4.63. The molecule has 1 N–H and O–H groups in total. The van der Waals surface area contributed by atoms with Crippen LogP contribution in [0.1, 0.15) is 25.7 Å². The highest BCUT2D eigenvalue weighted by Gasteiger charge is 2.36. The molecule has 0 spiro atoms. The molecule has 2 heterocycles. The normalized spacial score (nSPS) is 34.9. The van der Waals surface area contributed by atoms with E-state index in [9.17, 15) is 4.79 Å². The van der Waals surface area contributed by atoms with Crippen molar-refractivity contribution in [3.05, 3.63) is 0 Å². The van der Waals surface area contributed by atoms with E-state index in [0.29, 0.717) is 18.0 Å². The van der Waals surface area contributed by atoms with E-state index in [1.165, 1.54) is 12.8 Å². The van der Waals surface area contributed by atoms with Crippen LogP contribution in [0.5, 0.6) is 0 Å². The molecule has 2 fully saturated rings. The number of hydrogen-bond donors (Lipinski definition) is 1. The van der Waals surface area contributed by atoms with E-state index in [1.807, 2.05) is 14.1 Å². The molecule has 82 valence electrons. The number of carbonyl (C=O) groups is 1. The molecule has 0 aromatic carbocycles. The lowest BCUT2D eigenvalue weighted by Gasteiger charge is -2.29. The smallest absolute Gasteiger partial charge is 0.225 e. The second-order valence-electron chi connectivity index (χ2n) is 4.54. The molecule has 14 heavy (non-hydrogen) atoms. The van der Waals surface area contributed by atoms with E-state index in [2.05, 4.69) is 5.32 Å². The van der Waals surface area contributed by atoms with Crippen molar-refractivity contribution in [3.63, 3.8) is 0 Å². The number of fused-ring (bicyclic) bond motifs is 2. The van der Waals surface area contributed by atoms with Crippen molar-refractivity contribution >= 4 is 18.3 Å². The maximum atomic E-state index is 11.7. The van der Waals surface area contributed by atoms with Crippen molar-refractivity contribution in [1.29, 1.82) is 0 Å². The predicted molar refractivity (Wildman–Crippen MR) is 58.6 cm³/mol. The summed E-state index contributed by atoms with van der Waals surface area (Å²) < 4.78 is 0. The molecule has 2 bridgehead atoms. The maximum Gasteiger partial charge on any atom is 0.225 e. The third-order valence-corrected chi connectivity index (χ3v) is 3.26. The third kappa shape index (κ3) is 2.20. The van der Waals surface area contributed by atoms with Gasteiger partial charge in [-0.2, -0.15) is 0 Å². The van der Waals surface area contributed by atoms with Gasteiger partial charge in [-0.05, 0) is 25.7 Å². The fourth-order valence-corrected chi connectivity index (χ4v) is 2.62. The molecule has 0 saturated carbocycles. The summed E-state index contributed by atoms with van der Waals surface area (Å²) in [5.74, 6) is 0.604. The summed E-state index contributed by atoms with van der Waals surface area (Å²) in [5, 5.41) is 3.54. The molecule has 2 unspecified atom stereocenters. The SMILES string of the molecule is CN(C)C(=O)C1CC2CCC(C1)N2.Cl. The van der Waals surface area contributed by atoms with Crippen molar-refractivity contribution in [2.24, 2.45) is 5.92 Å². The van der Waals surface area contributed by atoms with Crippen LogP contribution in [0.4, 0.5) is 0 Å². The van der Waals surface area contributed by atoms with Gasteiger partial charge in [0.1, 0.15) is 0 Å². The zero-order valence-corrected chi connectivity index (χ0v) is 9.64. The van der Waals surface area contributed by atoms with Crippen molar-refractivity contribution in [3.8, 4) is 0 Å². The minimum absolute atomic E-state index is 0. The van der Waals surface area contributed by atoms with Crippen LogP contribution < -0.4 is 5.32 Å². The Bertz CT molecular complexity index is 208. The zero-order valence-electron chi connectivity index (χ0n) is 8.82. The van der Waals surface area contributed by atoms with Gasteiger partial charge in [0.05, 0.1) is 0 Å². The maximum absolute atomic E-state index is 11.7. The van der Waals surface area contributed by atoms with Crippen LogP contribution in [0.3, 0.4) is 0 Å². The minimum Gasteiger partial charge on any atom is -0.349 e.